The van der Waals surface area contributed by atoms with Crippen molar-refractivity contribution in [2.24, 2.45) is 5.92 Å². The molecule has 2 amide bonds. The molecule has 1 atom stereocenters. The van der Waals surface area contributed by atoms with Crippen LogP contribution in [0.5, 0.6) is 0 Å². The Morgan fingerprint density at radius 1 is 1.33 bits per heavy atom. The van der Waals surface area contributed by atoms with Crippen molar-refractivity contribution in [3.63, 3.8) is 0 Å². The number of rotatable bonds is 5. The van der Waals surface area contributed by atoms with Gasteiger partial charge in [0.25, 0.3) is 0 Å². The lowest BCUT2D eigenvalue weighted by Crippen LogP contribution is -2.33. The fourth-order valence-corrected chi connectivity index (χ4v) is 2.10. The fraction of sp³-hybridized carbons (Fsp3) is 0.400. The maximum atomic E-state index is 11.8. The second-order valence-corrected chi connectivity index (χ2v) is 5.29. The zero-order chi connectivity index (χ0) is 15.2. The molecule has 0 saturated carbocycles. The van der Waals surface area contributed by atoms with E-state index in [1.807, 2.05) is 18.5 Å². The minimum atomic E-state index is -0.207. The molecule has 2 aromatic rings. The summed E-state index contributed by atoms with van der Waals surface area (Å²) in [4.78, 5) is 15.7. The molecule has 2 rings (SSSR count). The van der Waals surface area contributed by atoms with Crippen molar-refractivity contribution in [1.82, 2.24) is 20.1 Å². The summed E-state index contributed by atoms with van der Waals surface area (Å²) in [6.07, 6.45) is 3.28. The monoisotopic (exact) mass is 287 g/mol. The Bertz CT molecular complexity index is 593. The average Bonchev–Trinajstić information content (AvgIpc) is 2.76. The van der Waals surface area contributed by atoms with Gasteiger partial charge in [-0.05, 0) is 38.0 Å². The molecule has 6 heteroatoms. The number of hydrogen-bond acceptors (Lipinski definition) is 3. The minimum absolute atomic E-state index is 0.207. The lowest BCUT2D eigenvalue weighted by molar-refractivity contribution is 0.249. The number of anilines is 1. The quantitative estimate of drug-likeness (QED) is 0.886. The zero-order valence-corrected chi connectivity index (χ0v) is 12.6. The number of amides is 2. The molecule has 0 fully saturated rings. The Balaban J connectivity index is 1.77. The van der Waals surface area contributed by atoms with Gasteiger partial charge in [0.15, 0.2) is 0 Å². The van der Waals surface area contributed by atoms with Gasteiger partial charge in [-0.1, -0.05) is 6.92 Å². The molecular formula is C15H21N5O. The largest absolute Gasteiger partial charge is 0.338 e. The van der Waals surface area contributed by atoms with Crippen LogP contribution in [0.4, 0.5) is 10.5 Å². The summed E-state index contributed by atoms with van der Waals surface area (Å²) in [6.45, 7) is 7.48. The van der Waals surface area contributed by atoms with E-state index in [0.717, 1.165) is 23.6 Å². The molecule has 112 valence electrons. The molecule has 0 saturated heterocycles. The van der Waals surface area contributed by atoms with Gasteiger partial charge in [-0.15, -0.1) is 0 Å². The first-order valence-corrected chi connectivity index (χ1v) is 7.00. The Hall–Kier alpha value is -2.37. The van der Waals surface area contributed by atoms with E-state index in [4.69, 9.17) is 0 Å². The fourth-order valence-electron chi connectivity index (χ4n) is 2.10. The Morgan fingerprint density at radius 2 is 2.05 bits per heavy atom. The summed E-state index contributed by atoms with van der Waals surface area (Å²) in [7, 11) is 0. The van der Waals surface area contributed by atoms with E-state index >= 15 is 0 Å². The van der Waals surface area contributed by atoms with E-state index in [1.165, 1.54) is 0 Å². The Morgan fingerprint density at radius 3 is 2.67 bits per heavy atom. The van der Waals surface area contributed by atoms with Crippen molar-refractivity contribution >= 4 is 11.7 Å². The van der Waals surface area contributed by atoms with E-state index in [2.05, 4.69) is 33.7 Å². The highest BCUT2D eigenvalue weighted by Gasteiger charge is 2.09. The molecule has 0 bridgehead atoms. The number of carbonyl (C=O) groups is 1. The summed E-state index contributed by atoms with van der Waals surface area (Å²) in [6, 6.07) is 5.34. The second-order valence-electron chi connectivity index (χ2n) is 5.29. The standard InChI is InChI=1S/C15H21N5O/c1-11(10-20-13(3)8-12(2)19-20)9-17-15(21)18-14-4-6-16-7-5-14/h4-8,11H,9-10H2,1-3H3,(H2,16,17,18,21)/t11-/m0/s1. The molecule has 0 aliphatic heterocycles. The third kappa shape index (κ3) is 4.59. The van der Waals surface area contributed by atoms with Crippen molar-refractivity contribution in [3.05, 3.63) is 42.0 Å². The molecule has 0 unspecified atom stereocenters. The van der Waals surface area contributed by atoms with Gasteiger partial charge in [-0.2, -0.15) is 5.10 Å². The van der Waals surface area contributed by atoms with Gasteiger partial charge in [-0.25, -0.2) is 4.79 Å². The summed E-state index contributed by atoms with van der Waals surface area (Å²) >= 11 is 0. The van der Waals surface area contributed by atoms with Crippen molar-refractivity contribution in [2.75, 3.05) is 11.9 Å². The number of nitrogens with zero attached hydrogens (tertiary/aromatic N) is 3. The molecule has 0 aromatic carbocycles. The summed E-state index contributed by atoms with van der Waals surface area (Å²) in [5.74, 6) is 0.297. The summed E-state index contributed by atoms with van der Waals surface area (Å²) in [5, 5.41) is 10.1. The van der Waals surface area contributed by atoms with Crippen LogP contribution in [0.25, 0.3) is 0 Å². The Labute approximate surface area is 124 Å². The van der Waals surface area contributed by atoms with Crippen LogP contribution in [0, 0.1) is 19.8 Å². The van der Waals surface area contributed by atoms with Crippen LogP contribution in [-0.2, 0) is 6.54 Å². The molecule has 0 radical (unpaired) electrons. The molecule has 0 spiro atoms. The van der Waals surface area contributed by atoms with Crippen LogP contribution in [0.15, 0.2) is 30.6 Å². The smallest absolute Gasteiger partial charge is 0.319 e. The highest BCUT2D eigenvalue weighted by molar-refractivity contribution is 5.89. The van der Waals surface area contributed by atoms with Crippen LogP contribution < -0.4 is 10.6 Å². The predicted molar refractivity (Wildman–Crippen MR) is 82.1 cm³/mol. The van der Waals surface area contributed by atoms with E-state index in [9.17, 15) is 4.79 Å². The number of nitrogens with one attached hydrogen (secondary N) is 2. The van der Waals surface area contributed by atoms with E-state index in [-0.39, 0.29) is 6.03 Å². The van der Waals surface area contributed by atoms with Crippen LogP contribution in [0.2, 0.25) is 0 Å². The lowest BCUT2D eigenvalue weighted by Gasteiger charge is -2.14. The zero-order valence-electron chi connectivity index (χ0n) is 12.6. The highest BCUT2D eigenvalue weighted by Crippen LogP contribution is 2.06. The van der Waals surface area contributed by atoms with E-state index < -0.39 is 0 Å². The normalized spacial score (nSPS) is 12.0. The van der Waals surface area contributed by atoms with Crippen molar-refractivity contribution in [1.29, 1.82) is 0 Å². The number of carbonyl (C=O) groups excluding carboxylic acids is 1. The predicted octanol–water partition coefficient (Wildman–Crippen LogP) is 2.35. The maximum absolute atomic E-state index is 11.8. The summed E-state index contributed by atoms with van der Waals surface area (Å²) in [5.41, 5.74) is 2.89. The second kappa shape index (κ2) is 6.88. The van der Waals surface area contributed by atoms with Gasteiger partial charge in [0.1, 0.15) is 0 Å². The summed E-state index contributed by atoms with van der Waals surface area (Å²) < 4.78 is 1.97. The van der Waals surface area contributed by atoms with Crippen molar-refractivity contribution in [2.45, 2.75) is 27.3 Å². The maximum Gasteiger partial charge on any atom is 0.319 e. The van der Waals surface area contributed by atoms with Gasteiger partial charge in [-0.3, -0.25) is 9.67 Å². The van der Waals surface area contributed by atoms with Gasteiger partial charge >= 0.3 is 6.03 Å². The topological polar surface area (TPSA) is 71.8 Å². The number of pyridine rings is 1. The molecule has 2 N–H and O–H groups in total. The first-order chi connectivity index (χ1) is 10.0. The SMILES string of the molecule is Cc1cc(C)n(C[C@@H](C)CNC(=O)Nc2ccncc2)n1. The first kappa shape index (κ1) is 15.0. The van der Waals surface area contributed by atoms with Crippen LogP contribution in [-0.4, -0.2) is 27.3 Å². The third-order valence-electron chi connectivity index (χ3n) is 3.14. The van der Waals surface area contributed by atoms with Gasteiger partial charge in [0.2, 0.25) is 0 Å². The molecule has 2 heterocycles. The van der Waals surface area contributed by atoms with Gasteiger partial charge < -0.3 is 10.6 Å². The minimum Gasteiger partial charge on any atom is -0.338 e. The first-order valence-electron chi connectivity index (χ1n) is 7.00. The van der Waals surface area contributed by atoms with Crippen LogP contribution in [0.1, 0.15) is 18.3 Å². The van der Waals surface area contributed by atoms with Crippen LogP contribution in [0.3, 0.4) is 0 Å². The molecule has 6 nitrogen and oxygen atoms in total. The van der Waals surface area contributed by atoms with E-state index in [1.54, 1.807) is 24.5 Å². The van der Waals surface area contributed by atoms with E-state index in [0.29, 0.717) is 12.5 Å². The Kier molecular flexibility index (Phi) is 4.92. The molecule has 21 heavy (non-hydrogen) atoms. The highest BCUT2D eigenvalue weighted by atomic mass is 16.2. The third-order valence-corrected chi connectivity index (χ3v) is 3.14. The van der Waals surface area contributed by atoms with Gasteiger partial charge in [0.05, 0.1) is 5.69 Å². The molecule has 2 aromatic heterocycles. The number of aromatic nitrogens is 3. The molecular weight excluding hydrogens is 266 g/mol. The molecule has 0 aliphatic rings. The number of urea groups is 1. The lowest BCUT2D eigenvalue weighted by atomic mass is 10.2. The van der Waals surface area contributed by atoms with Crippen molar-refractivity contribution < 1.29 is 4.79 Å². The van der Waals surface area contributed by atoms with Gasteiger partial charge in [0, 0.05) is 36.9 Å². The number of aryl methyl sites for hydroxylation is 2. The van der Waals surface area contributed by atoms with Crippen LogP contribution >= 0.6 is 0 Å². The average molecular weight is 287 g/mol. The number of hydrogen-bond donors (Lipinski definition) is 2. The molecule has 0 aliphatic carbocycles. The van der Waals surface area contributed by atoms with Crippen molar-refractivity contribution in [3.8, 4) is 0 Å².